The molecule has 6 nitrogen and oxygen atoms in total. The summed E-state index contributed by atoms with van der Waals surface area (Å²) in [6, 6.07) is 1.58. The predicted molar refractivity (Wildman–Crippen MR) is 80.8 cm³/mol. The third-order valence-corrected chi connectivity index (χ3v) is 5.25. The highest BCUT2D eigenvalue weighted by Crippen LogP contribution is 2.25. The van der Waals surface area contributed by atoms with Crippen molar-refractivity contribution in [3.63, 3.8) is 0 Å². The molecule has 8 heteroatoms. The Hall–Kier alpha value is -1.54. The van der Waals surface area contributed by atoms with Crippen LogP contribution in [0.5, 0.6) is 0 Å². The molecule has 0 saturated carbocycles. The maximum atomic E-state index is 12.1. The maximum absolute atomic E-state index is 12.1. The number of nitrogens with zero attached hydrogens (tertiary/aromatic N) is 2. The fraction of sp³-hybridized carbons (Fsp3) is 0.462. The van der Waals surface area contributed by atoms with Crippen LogP contribution in [0, 0.1) is 0 Å². The SMILES string of the molecule is CC(=O)N1CCN(C(=O)CSc2csc(C(=O)O)c2)CC1. The average molecular weight is 328 g/mol. The molecule has 0 spiro atoms. The van der Waals surface area contributed by atoms with E-state index in [1.807, 2.05) is 0 Å². The summed E-state index contributed by atoms with van der Waals surface area (Å²) in [5, 5.41) is 10.6. The Labute approximate surface area is 130 Å². The molecule has 1 N–H and O–H groups in total. The van der Waals surface area contributed by atoms with E-state index in [0.717, 1.165) is 16.2 Å². The Kier molecular flexibility index (Phi) is 5.24. The van der Waals surface area contributed by atoms with Gasteiger partial charge in [-0.2, -0.15) is 0 Å². The number of amides is 2. The quantitative estimate of drug-likeness (QED) is 0.841. The topological polar surface area (TPSA) is 77.9 Å². The number of rotatable bonds is 4. The number of hydrogen-bond donors (Lipinski definition) is 1. The zero-order valence-electron chi connectivity index (χ0n) is 11.6. The van der Waals surface area contributed by atoms with Crippen molar-refractivity contribution in [2.24, 2.45) is 0 Å². The number of carbonyl (C=O) groups excluding carboxylic acids is 2. The Morgan fingerprint density at radius 1 is 1.24 bits per heavy atom. The summed E-state index contributed by atoms with van der Waals surface area (Å²) in [7, 11) is 0. The smallest absolute Gasteiger partial charge is 0.345 e. The minimum absolute atomic E-state index is 0.0197. The van der Waals surface area contributed by atoms with Gasteiger partial charge in [0.2, 0.25) is 11.8 Å². The largest absolute Gasteiger partial charge is 0.477 e. The standard InChI is InChI=1S/C13H16N2O4S2/c1-9(16)14-2-4-15(5-3-14)12(17)8-20-10-6-11(13(18)19)21-7-10/h6-7H,2-5,8H2,1H3,(H,18,19). The molecule has 2 rings (SSSR count). The van der Waals surface area contributed by atoms with Crippen molar-refractivity contribution in [2.75, 3.05) is 31.9 Å². The molecule has 0 atom stereocenters. The zero-order chi connectivity index (χ0) is 15.4. The highest BCUT2D eigenvalue weighted by atomic mass is 32.2. The highest BCUT2D eigenvalue weighted by molar-refractivity contribution is 8.00. The molecule has 1 aromatic rings. The first-order chi connectivity index (χ1) is 9.97. The van der Waals surface area contributed by atoms with Gasteiger partial charge >= 0.3 is 5.97 Å². The Morgan fingerprint density at radius 2 is 1.86 bits per heavy atom. The molecular weight excluding hydrogens is 312 g/mol. The van der Waals surface area contributed by atoms with Gasteiger partial charge in [0.05, 0.1) is 5.75 Å². The lowest BCUT2D eigenvalue weighted by atomic mass is 10.3. The third kappa shape index (κ3) is 4.21. The molecule has 2 heterocycles. The molecule has 2 amide bonds. The van der Waals surface area contributed by atoms with Crippen molar-refractivity contribution < 1.29 is 19.5 Å². The van der Waals surface area contributed by atoms with E-state index in [9.17, 15) is 14.4 Å². The number of piperazine rings is 1. The summed E-state index contributed by atoms with van der Waals surface area (Å²) in [5.74, 6) is -0.601. The summed E-state index contributed by atoms with van der Waals surface area (Å²) in [5.41, 5.74) is 0. The average Bonchev–Trinajstić information content (AvgIpc) is 2.94. The first kappa shape index (κ1) is 15.8. The number of thioether (sulfide) groups is 1. The molecule has 114 valence electrons. The maximum Gasteiger partial charge on any atom is 0.345 e. The normalized spacial score (nSPS) is 15.1. The van der Waals surface area contributed by atoms with Crippen molar-refractivity contribution in [3.8, 4) is 0 Å². The molecule has 0 radical (unpaired) electrons. The van der Waals surface area contributed by atoms with Gasteiger partial charge in [0.1, 0.15) is 4.88 Å². The molecule has 1 aliphatic heterocycles. The summed E-state index contributed by atoms with van der Waals surface area (Å²) in [6.45, 7) is 3.80. The number of thiophene rings is 1. The molecule has 0 unspecified atom stereocenters. The van der Waals surface area contributed by atoms with Crippen LogP contribution in [0.2, 0.25) is 0 Å². The van der Waals surface area contributed by atoms with Crippen LogP contribution in [-0.4, -0.2) is 64.6 Å². The molecular formula is C13H16N2O4S2. The van der Waals surface area contributed by atoms with E-state index in [2.05, 4.69) is 0 Å². The summed E-state index contributed by atoms with van der Waals surface area (Å²) in [4.78, 5) is 38.6. The Morgan fingerprint density at radius 3 is 2.38 bits per heavy atom. The first-order valence-corrected chi connectivity index (χ1v) is 8.32. The van der Waals surface area contributed by atoms with E-state index < -0.39 is 5.97 Å². The predicted octanol–water partition coefficient (Wildman–Crippen LogP) is 1.23. The van der Waals surface area contributed by atoms with Crippen LogP contribution in [-0.2, 0) is 9.59 Å². The van der Waals surface area contributed by atoms with Gasteiger partial charge < -0.3 is 14.9 Å². The summed E-state index contributed by atoms with van der Waals surface area (Å²) < 4.78 is 0. The monoisotopic (exact) mass is 328 g/mol. The van der Waals surface area contributed by atoms with E-state index in [-0.39, 0.29) is 22.4 Å². The summed E-state index contributed by atoms with van der Waals surface area (Å²) >= 11 is 2.50. The van der Waals surface area contributed by atoms with Crippen molar-refractivity contribution in [2.45, 2.75) is 11.8 Å². The highest BCUT2D eigenvalue weighted by Gasteiger charge is 2.22. The number of carbonyl (C=O) groups is 3. The van der Waals surface area contributed by atoms with E-state index in [1.54, 1.807) is 21.2 Å². The molecule has 0 aliphatic carbocycles. The number of carboxylic acid groups (broad SMARTS) is 1. The van der Waals surface area contributed by atoms with Crippen LogP contribution in [0.15, 0.2) is 16.3 Å². The van der Waals surface area contributed by atoms with Crippen LogP contribution in [0.4, 0.5) is 0 Å². The molecule has 1 aromatic heterocycles. The van der Waals surface area contributed by atoms with Crippen LogP contribution in [0.25, 0.3) is 0 Å². The lowest BCUT2D eigenvalue weighted by Crippen LogP contribution is -2.50. The first-order valence-electron chi connectivity index (χ1n) is 6.45. The van der Waals surface area contributed by atoms with E-state index in [1.165, 1.54) is 18.7 Å². The fourth-order valence-electron chi connectivity index (χ4n) is 2.01. The third-order valence-electron chi connectivity index (χ3n) is 3.23. The molecule has 1 aliphatic rings. The minimum atomic E-state index is -0.946. The Balaban J connectivity index is 1.79. The van der Waals surface area contributed by atoms with E-state index in [4.69, 9.17) is 5.11 Å². The van der Waals surface area contributed by atoms with E-state index >= 15 is 0 Å². The number of aromatic carboxylic acids is 1. The minimum Gasteiger partial charge on any atom is -0.477 e. The lowest BCUT2D eigenvalue weighted by Gasteiger charge is -2.34. The van der Waals surface area contributed by atoms with E-state index in [0.29, 0.717) is 26.2 Å². The van der Waals surface area contributed by atoms with Gasteiger partial charge in [-0.1, -0.05) is 0 Å². The van der Waals surface area contributed by atoms with Crippen LogP contribution < -0.4 is 0 Å². The molecule has 1 fully saturated rings. The van der Waals surface area contributed by atoms with Gasteiger partial charge in [-0.05, 0) is 6.07 Å². The Bertz CT molecular complexity index is 550. The number of hydrogen-bond acceptors (Lipinski definition) is 5. The second kappa shape index (κ2) is 6.95. The van der Waals surface area contributed by atoms with Gasteiger partial charge in [-0.15, -0.1) is 23.1 Å². The van der Waals surface area contributed by atoms with Crippen molar-refractivity contribution in [1.82, 2.24) is 9.80 Å². The zero-order valence-corrected chi connectivity index (χ0v) is 13.2. The molecule has 21 heavy (non-hydrogen) atoms. The van der Waals surface area contributed by atoms with Crippen molar-refractivity contribution in [3.05, 3.63) is 16.3 Å². The fourth-order valence-corrected chi connectivity index (χ4v) is 3.79. The van der Waals surface area contributed by atoms with Gasteiger partial charge in [-0.25, -0.2) is 4.79 Å². The van der Waals surface area contributed by atoms with Crippen molar-refractivity contribution in [1.29, 1.82) is 0 Å². The van der Waals surface area contributed by atoms with Gasteiger partial charge in [0, 0.05) is 43.4 Å². The van der Waals surface area contributed by atoms with Gasteiger partial charge in [0.15, 0.2) is 0 Å². The number of carboxylic acids is 1. The lowest BCUT2D eigenvalue weighted by molar-refractivity contribution is -0.136. The molecule has 0 aromatic carbocycles. The molecule has 0 bridgehead atoms. The summed E-state index contributed by atoms with van der Waals surface area (Å²) in [6.07, 6.45) is 0. The molecule has 1 saturated heterocycles. The van der Waals surface area contributed by atoms with Crippen LogP contribution >= 0.6 is 23.1 Å². The second-order valence-corrected chi connectivity index (χ2v) is 6.59. The van der Waals surface area contributed by atoms with Gasteiger partial charge in [-0.3, -0.25) is 9.59 Å². The van der Waals surface area contributed by atoms with Crippen molar-refractivity contribution >= 4 is 40.9 Å². The van der Waals surface area contributed by atoms with Gasteiger partial charge in [0.25, 0.3) is 0 Å². The van der Waals surface area contributed by atoms with Crippen LogP contribution in [0.1, 0.15) is 16.6 Å². The second-order valence-electron chi connectivity index (χ2n) is 4.63. The van der Waals surface area contributed by atoms with Crippen LogP contribution in [0.3, 0.4) is 0 Å².